The molecular weight excluding hydrogens is 331 g/mol. The predicted molar refractivity (Wildman–Crippen MR) is 88.7 cm³/mol. The second-order valence-electron chi connectivity index (χ2n) is 7.52. The molecule has 8 heteroatoms. The normalized spacial score (nSPS) is 19.1. The van der Waals surface area contributed by atoms with Gasteiger partial charge >= 0.3 is 6.18 Å². The molecule has 5 nitrogen and oxygen atoms in total. The topological polar surface area (TPSA) is 69.6 Å². The summed E-state index contributed by atoms with van der Waals surface area (Å²) in [6.45, 7) is 8.08. The zero-order valence-corrected chi connectivity index (χ0v) is 14.5. The first-order valence-electron chi connectivity index (χ1n) is 7.89. The molecule has 0 saturated heterocycles. The van der Waals surface area contributed by atoms with Crippen LogP contribution in [0.15, 0.2) is 24.5 Å². The number of nitrogens with two attached hydrogens (primary N) is 1. The maximum absolute atomic E-state index is 13.6. The molecular formula is C17H20F3N5. The molecule has 0 atom stereocenters. The Bertz CT molecular complexity index is 832. The van der Waals surface area contributed by atoms with Gasteiger partial charge in [0.05, 0.1) is 5.56 Å². The van der Waals surface area contributed by atoms with Crippen molar-refractivity contribution in [3.8, 4) is 5.95 Å². The van der Waals surface area contributed by atoms with Crippen LogP contribution in [0, 0.1) is 10.8 Å². The van der Waals surface area contributed by atoms with Crippen molar-refractivity contribution >= 4 is 11.4 Å². The van der Waals surface area contributed by atoms with E-state index in [0.717, 1.165) is 4.68 Å². The van der Waals surface area contributed by atoms with E-state index in [9.17, 15) is 13.2 Å². The Kier molecular flexibility index (Phi) is 3.70. The van der Waals surface area contributed by atoms with Gasteiger partial charge in [0.25, 0.3) is 5.95 Å². The van der Waals surface area contributed by atoms with Crippen molar-refractivity contribution in [2.45, 2.75) is 40.3 Å². The fourth-order valence-corrected chi connectivity index (χ4v) is 3.05. The summed E-state index contributed by atoms with van der Waals surface area (Å²) in [5.74, 6) is -0.0906. The molecule has 1 aliphatic carbocycles. The maximum Gasteiger partial charge on any atom is 0.435 e. The zero-order chi connectivity index (χ0) is 18.6. The second kappa shape index (κ2) is 5.31. The van der Waals surface area contributed by atoms with E-state index in [2.05, 4.69) is 15.1 Å². The van der Waals surface area contributed by atoms with Gasteiger partial charge in [-0.05, 0) is 28.9 Å². The molecule has 0 amide bonds. The van der Waals surface area contributed by atoms with E-state index < -0.39 is 11.9 Å². The minimum atomic E-state index is -4.62. The van der Waals surface area contributed by atoms with Crippen LogP contribution >= 0.6 is 0 Å². The van der Waals surface area contributed by atoms with Gasteiger partial charge < -0.3 is 5.73 Å². The van der Waals surface area contributed by atoms with Crippen molar-refractivity contribution in [1.82, 2.24) is 19.7 Å². The first-order valence-corrected chi connectivity index (χ1v) is 7.89. The first kappa shape index (κ1) is 17.4. The van der Waals surface area contributed by atoms with Gasteiger partial charge in [-0.15, -0.1) is 0 Å². The van der Waals surface area contributed by atoms with Crippen LogP contribution in [0.4, 0.5) is 19.0 Å². The molecule has 3 rings (SSSR count). The fourth-order valence-electron chi connectivity index (χ4n) is 3.05. The maximum atomic E-state index is 13.6. The lowest BCUT2D eigenvalue weighted by atomic mass is 9.70. The molecule has 25 heavy (non-hydrogen) atoms. The highest BCUT2D eigenvalue weighted by Gasteiger charge is 2.46. The van der Waals surface area contributed by atoms with E-state index >= 15 is 0 Å². The largest absolute Gasteiger partial charge is 0.435 e. The number of nitrogen functional groups attached to an aromatic ring is 1. The summed E-state index contributed by atoms with van der Waals surface area (Å²) in [5, 5.41) is 3.69. The molecule has 0 spiro atoms. The number of rotatable bonds is 2. The summed E-state index contributed by atoms with van der Waals surface area (Å²) in [6, 6.07) is 1.57. The molecule has 2 N–H and O–H groups in total. The van der Waals surface area contributed by atoms with Crippen molar-refractivity contribution in [3.63, 3.8) is 0 Å². The van der Waals surface area contributed by atoms with Crippen molar-refractivity contribution in [2.24, 2.45) is 10.8 Å². The van der Waals surface area contributed by atoms with E-state index in [1.165, 1.54) is 12.4 Å². The number of alkyl halides is 3. The average molecular weight is 351 g/mol. The molecule has 2 heterocycles. The van der Waals surface area contributed by atoms with Crippen LogP contribution in [0.1, 0.15) is 45.4 Å². The quantitative estimate of drug-likeness (QED) is 0.884. The molecule has 2 aromatic rings. The van der Waals surface area contributed by atoms with Crippen LogP contribution in [0.5, 0.6) is 0 Å². The number of hydrogen-bond donors (Lipinski definition) is 1. The summed E-state index contributed by atoms with van der Waals surface area (Å²) >= 11 is 0. The third-order valence-corrected chi connectivity index (χ3v) is 5.16. The van der Waals surface area contributed by atoms with Gasteiger partial charge in [0, 0.05) is 12.4 Å². The number of aromatic nitrogens is 4. The first-order chi connectivity index (χ1) is 11.4. The summed E-state index contributed by atoms with van der Waals surface area (Å²) in [5.41, 5.74) is 5.10. The minimum absolute atomic E-state index is 0.00821. The number of nitrogens with zero attached hydrogens (tertiary/aromatic N) is 4. The number of anilines is 1. The van der Waals surface area contributed by atoms with Crippen LogP contribution < -0.4 is 5.73 Å². The molecule has 0 fully saturated rings. The van der Waals surface area contributed by atoms with Crippen LogP contribution in [0.3, 0.4) is 0 Å². The Morgan fingerprint density at radius 3 is 2.20 bits per heavy atom. The third-order valence-electron chi connectivity index (χ3n) is 5.16. The molecule has 1 aliphatic rings. The Morgan fingerprint density at radius 2 is 1.72 bits per heavy atom. The predicted octanol–water partition coefficient (Wildman–Crippen LogP) is 4.10. The van der Waals surface area contributed by atoms with Gasteiger partial charge in [-0.2, -0.15) is 23.0 Å². The van der Waals surface area contributed by atoms with E-state index in [-0.39, 0.29) is 28.2 Å². The van der Waals surface area contributed by atoms with Gasteiger partial charge in [-0.1, -0.05) is 33.8 Å². The highest BCUT2D eigenvalue weighted by Crippen LogP contribution is 2.55. The van der Waals surface area contributed by atoms with Gasteiger partial charge in [0.1, 0.15) is 5.82 Å². The monoisotopic (exact) mass is 351 g/mol. The Labute approximate surface area is 143 Å². The van der Waals surface area contributed by atoms with E-state index in [0.29, 0.717) is 12.0 Å². The number of hydrogen-bond acceptors (Lipinski definition) is 4. The van der Waals surface area contributed by atoms with Gasteiger partial charge in [-0.25, -0.2) is 9.97 Å². The number of halogens is 3. The molecule has 2 aromatic heterocycles. The SMILES string of the molecule is CC1(C)C=C(c2c(C(F)(F)F)nn(-c3ncccn3)c2N)CC1(C)C. The van der Waals surface area contributed by atoms with Crippen LogP contribution in [0.25, 0.3) is 11.5 Å². The molecule has 134 valence electrons. The second-order valence-corrected chi connectivity index (χ2v) is 7.52. The lowest BCUT2D eigenvalue weighted by Crippen LogP contribution is -2.25. The molecule has 0 aliphatic heterocycles. The molecule has 0 bridgehead atoms. The summed E-state index contributed by atoms with van der Waals surface area (Å²) < 4.78 is 41.7. The van der Waals surface area contributed by atoms with Crippen LogP contribution in [-0.2, 0) is 6.18 Å². The summed E-state index contributed by atoms with van der Waals surface area (Å²) in [7, 11) is 0. The lowest BCUT2D eigenvalue weighted by molar-refractivity contribution is -0.141. The molecule has 0 unspecified atom stereocenters. The van der Waals surface area contributed by atoms with Crippen molar-refractivity contribution in [2.75, 3.05) is 5.73 Å². The molecule has 0 aromatic carbocycles. The Hall–Kier alpha value is -2.38. The third kappa shape index (κ3) is 2.79. The zero-order valence-electron chi connectivity index (χ0n) is 14.5. The minimum Gasteiger partial charge on any atom is -0.383 e. The smallest absolute Gasteiger partial charge is 0.383 e. The molecule has 0 saturated carbocycles. The summed E-state index contributed by atoms with van der Waals surface area (Å²) in [4.78, 5) is 7.91. The van der Waals surface area contributed by atoms with Gasteiger partial charge in [0.15, 0.2) is 5.69 Å². The average Bonchev–Trinajstić information content (AvgIpc) is 2.94. The fraction of sp³-hybridized carbons (Fsp3) is 0.471. The Balaban J connectivity index is 2.22. The van der Waals surface area contributed by atoms with Crippen molar-refractivity contribution in [3.05, 3.63) is 35.8 Å². The van der Waals surface area contributed by atoms with Gasteiger partial charge in [0.2, 0.25) is 0 Å². The Morgan fingerprint density at radius 1 is 1.12 bits per heavy atom. The van der Waals surface area contributed by atoms with E-state index in [1.54, 1.807) is 6.07 Å². The van der Waals surface area contributed by atoms with Crippen molar-refractivity contribution in [1.29, 1.82) is 0 Å². The van der Waals surface area contributed by atoms with E-state index in [1.807, 2.05) is 33.8 Å². The van der Waals surface area contributed by atoms with E-state index in [4.69, 9.17) is 5.73 Å². The molecule has 0 radical (unpaired) electrons. The lowest BCUT2D eigenvalue weighted by Gasteiger charge is -2.34. The van der Waals surface area contributed by atoms with Gasteiger partial charge in [-0.3, -0.25) is 0 Å². The van der Waals surface area contributed by atoms with Crippen molar-refractivity contribution < 1.29 is 13.2 Å². The van der Waals surface area contributed by atoms with Crippen LogP contribution in [-0.4, -0.2) is 19.7 Å². The van der Waals surface area contributed by atoms with Crippen LogP contribution in [0.2, 0.25) is 0 Å². The standard InChI is InChI=1S/C17H20F3N5/c1-15(2)8-10(9-16(15,3)4)11-12(17(18,19)20)24-25(13(11)21)14-22-6-5-7-23-14/h5-8H,9,21H2,1-4H3. The highest BCUT2D eigenvalue weighted by atomic mass is 19.4. The number of allylic oxidation sites excluding steroid dienone is 2. The summed E-state index contributed by atoms with van der Waals surface area (Å²) in [6.07, 6.45) is 0.580. The highest BCUT2D eigenvalue weighted by molar-refractivity contribution is 5.79.